The molecule has 6 nitrogen and oxygen atoms in total. The van der Waals surface area contributed by atoms with Crippen molar-refractivity contribution in [3.8, 4) is 0 Å². The summed E-state index contributed by atoms with van der Waals surface area (Å²) in [4.78, 5) is 15.7. The highest BCUT2D eigenvalue weighted by Crippen LogP contribution is 2.20. The molecule has 0 aliphatic heterocycles. The molecule has 0 aliphatic carbocycles. The third-order valence-electron chi connectivity index (χ3n) is 4.26. The van der Waals surface area contributed by atoms with Crippen molar-refractivity contribution in [1.29, 1.82) is 0 Å². The largest absolute Gasteiger partial charge is 0.325 e. The average Bonchev–Trinajstić information content (AvgIpc) is 3.00. The van der Waals surface area contributed by atoms with Gasteiger partial charge in [-0.05, 0) is 49.2 Å². The molecule has 1 aromatic carbocycles. The zero-order valence-corrected chi connectivity index (χ0v) is 17.9. The molecule has 0 saturated heterocycles. The number of carbonyl (C=O) groups excluding carboxylic acids is 1. The number of carbonyl (C=O) groups is 1. The van der Waals surface area contributed by atoms with Crippen LogP contribution in [0.2, 0.25) is 0 Å². The first kappa shape index (κ1) is 21.6. The van der Waals surface area contributed by atoms with Crippen LogP contribution < -0.4 is 5.32 Å². The Hall–Kier alpha value is -1.74. The van der Waals surface area contributed by atoms with E-state index >= 15 is 0 Å². The molecule has 1 N–H and O–H groups in total. The number of thiophene rings is 1. The number of anilines is 1. The highest BCUT2D eigenvalue weighted by molar-refractivity contribution is 7.89. The molecule has 8 heteroatoms. The highest BCUT2D eigenvalue weighted by atomic mass is 32.2. The van der Waals surface area contributed by atoms with E-state index in [1.807, 2.05) is 17.3 Å². The summed E-state index contributed by atoms with van der Waals surface area (Å²) in [7, 11) is -1.66. The van der Waals surface area contributed by atoms with Gasteiger partial charge in [-0.2, -0.15) is 4.31 Å². The number of aryl methyl sites for hydroxylation is 1. The van der Waals surface area contributed by atoms with Crippen molar-refractivity contribution in [2.24, 2.45) is 0 Å². The topological polar surface area (TPSA) is 69.7 Å². The van der Waals surface area contributed by atoms with Crippen LogP contribution in [0.15, 0.2) is 40.6 Å². The van der Waals surface area contributed by atoms with Crippen LogP contribution >= 0.6 is 11.3 Å². The summed E-state index contributed by atoms with van der Waals surface area (Å²) in [5.74, 6) is -0.177. The number of benzene rings is 1. The smallest absolute Gasteiger partial charge is 0.243 e. The van der Waals surface area contributed by atoms with E-state index in [-0.39, 0.29) is 17.3 Å². The minimum Gasteiger partial charge on any atom is -0.325 e. The molecule has 0 unspecified atom stereocenters. The van der Waals surface area contributed by atoms with Gasteiger partial charge in [0.1, 0.15) is 0 Å². The minimum atomic E-state index is -3.55. The number of nitrogens with zero attached hydrogens (tertiary/aromatic N) is 2. The summed E-state index contributed by atoms with van der Waals surface area (Å²) < 4.78 is 26.6. The first-order valence-electron chi connectivity index (χ1n) is 8.89. The van der Waals surface area contributed by atoms with E-state index in [1.54, 1.807) is 43.4 Å². The second-order valence-electron chi connectivity index (χ2n) is 6.36. The standard InChI is InChI=1S/C19H27N3O3S2/c1-5-22(6-2)27(24,25)17-9-7-8-16(12-17)20-19(23)14-21(4)13-18-15(3)10-11-26-18/h7-12H,5-6,13-14H2,1-4H3,(H,20,23). The van der Waals surface area contributed by atoms with Crippen LogP contribution in [0.3, 0.4) is 0 Å². The fourth-order valence-corrected chi connectivity index (χ4v) is 5.25. The van der Waals surface area contributed by atoms with Gasteiger partial charge in [0.15, 0.2) is 0 Å². The lowest BCUT2D eigenvalue weighted by Crippen LogP contribution is -2.31. The van der Waals surface area contributed by atoms with Gasteiger partial charge < -0.3 is 5.32 Å². The van der Waals surface area contributed by atoms with Crippen LogP contribution in [0.5, 0.6) is 0 Å². The SMILES string of the molecule is CCN(CC)S(=O)(=O)c1cccc(NC(=O)CN(C)Cc2sccc2C)c1. The molecule has 1 aromatic heterocycles. The third-order valence-corrected chi connectivity index (χ3v) is 7.31. The van der Waals surface area contributed by atoms with Gasteiger partial charge in [0, 0.05) is 30.2 Å². The number of hydrogen-bond acceptors (Lipinski definition) is 5. The van der Waals surface area contributed by atoms with Crippen LogP contribution in [-0.4, -0.2) is 50.2 Å². The van der Waals surface area contributed by atoms with Crippen molar-refractivity contribution in [2.45, 2.75) is 32.2 Å². The van der Waals surface area contributed by atoms with E-state index in [2.05, 4.69) is 18.3 Å². The zero-order chi connectivity index (χ0) is 20.0. The van der Waals surface area contributed by atoms with E-state index < -0.39 is 10.0 Å². The van der Waals surface area contributed by atoms with Crippen molar-refractivity contribution < 1.29 is 13.2 Å². The zero-order valence-electron chi connectivity index (χ0n) is 16.2. The summed E-state index contributed by atoms with van der Waals surface area (Å²) in [6, 6.07) is 8.47. The Morgan fingerprint density at radius 2 is 1.89 bits per heavy atom. The van der Waals surface area contributed by atoms with Crippen LogP contribution in [0.25, 0.3) is 0 Å². The number of sulfonamides is 1. The third kappa shape index (κ3) is 5.62. The first-order valence-corrected chi connectivity index (χ1v) is 11.2. The van der Waals surface area contributed by atoms with Crippen molar-refractivity contribution in [3.63, 3.8) is 0 Å². The summed E-state index contributed by atoms with van der Waals surface area (Å²) >= 11 is 1.68. The maximum absolute atomic E-state index is 12.6. The van der Waals surface area contributed by atoms with E-state index in [1.165, 1.54) is 20.8 Å². The van der Waals surface area contributed by atoms with Crippen molar-refractivity contribution in [2.75, 3.05) is 32.0 Å². The summed E-state index contributed by atoms with van der Waals surface area (Å²) in [6.45, 7) is 7.40. The molecule has 0 radical (unpaired) electrons. The molecule has 148 valence electrons. The lowest BCUT2D eigenvalue weighted by molar-refractivity contribution is -0.117. The van der Waals surface area contributed by atoms with Gasteiger partial charge >= 0.3 is 0 Å². The fourth-order valence-electron chi connectivity index (χ4n) is 2.76. The Morgan fingerprint density at radius 1 is 1.19 bits per heavy atom. The quantitative estimate of drug-likeness (QED) is 0.691. The summed E-state index contributed by atoms with van der Waals surface area (Å²) in [5.41, 5.74) is 1.70. The normalized spacial score (nSPS) is 11.9. The molecule has 0 bridgehead atoms. The molecule has 0 fully saturated rings. The Labute approximate surface area is 165 Å². The lowest BCUT2D eigenvalue weighted by atomic mass is 10.3. The van der Waals surface area contributed by atoms with Crippen LogP contribution in [0.4, 0.5) is 5.69 Å². The van der Waals surface area contributed by atoms with Crippen LogP contribution in [-0.2, 0) is 21.4 Å². The Kier molecular flexibility index (Phi) is 7.55. The fraction of sp³-hybridized carbons (Fsp3) is 0.421. The van der Waals surface area contributed by atoms with Crippen LogP contribution in [0, 0.1) is 6.92 Å². The molecule has 0 aliphatic rings. The predicted octanol–water partition coefficient (Wildman–Crippen LogP) is 3.16. The molecule has 0 atom stereocenters. The molecule has 0 spiro atoms. The molecule has 2 rings (SSSR count). The van der Waals surface area contributed by atoms with Crippen molar-refractivity contribution in [3.05, 3.63) is 46.2 Å². The van der Waals surface area contributed by atoms with Gasteiger partial charge in [-0.1, -0.05) is 19.9 Å². The molecular weight excluding hydrogens is 382 g/mol. The van der Waals surface area contributed by atoms with E-state index in [0.717, 1.165) is 0 Å². The maximum Gasteiger partial charge on any atom is 0.243 e. The monoisotopic (exact) mass is 409 g/mol. The van der Waals surface area contributed by atoms with Gasteiger partial charge in [-0.25, -0.2) is 8.42 Å². The Morgan fingerprint density at radius 3 is 2.48 bits per heavy atom. The number of amides is 1. The maximum atomic E-state index is 12.6. The molecule has 1 amide bonds. The molecule has 2 aromatic rings. The second-order valence-corrected chi connectivity index (χ2v) is 9.30. The first-order chi connectivity index (χ1) is 12.8. The van der Waals surface area contributed by atoms with E-state index in [9.17, 15) is 13.2 Å². The summed E-state index contributed by atoms with van der Waals surface area (Å²) in [6.07, 6.45) is 0. The minimum absolute atomic E-state index is 0.177. The summed E-state index contributed by atoms with van der Waals surface area (Å²) in [5, 5.41) is 4.84. The average molecular weight is 410 g/mol. The number of likely N-dealkylation sites (N-methyl/N-ethyl adjacent to an activating group) is 1. The molecule has 0 saturated carbocycles. The van der Waals surface area contributed by atoms with Crippen molar-refractivity contribution >= 4 is 33.0 Å². The van der Waals surface area contributed by atoms with Gasteiger partial charge in [0.2, 0.25) is 15.9 Å². The van der Waals surface area contributed by atoms with Crippen LogP contribution in [0.1, 0.15) is 24.3 Å². The highest BCUT2D eigenvalue weighted by Gasteiger charge is 2.22. The molecule has 27 heavy (non-hydrogen) atoms. The predicted molar refractivity (Wildman–Crippen MR) is 111 cm³/mol. The van der Waals surface area contributed by atoms with Crippen molar-refractivity contribution in [1.82, 2.24) is 9.21 Å². The van der Waals surface area contributed by atoms with Gasteiger partial charge in [0.25, 0.3) is 0 Å². The number of nitrogens with one attached hydrogen (secondary N) is 1. The molecule has 1 heterocycles. The number of hydrogen-bond donors (Lipinski definition) is 1. The number of rotatable bonds is 9. The Bertz CT molecular complexity index is 874. The molecular formula is C19H27N3O3S2. The van der Waals surface area contributed by atoms with Gasteiger partial charge in [-0.15, -0.1) is 11.3 Å². The Balaban J connectivity index is 2.03. The van der Waals surface area contributed by atoms with Gasteiger partial charge in [0.05, 0.1) is 11.4 Å². The second kappa shape index (κ2) is 9.45. The van der Waals surface area contributed by atoms with Gasteiger partial charge in [-0.3, -0.25) is 9.69 Å². The van der Waals surface area contributed by atoms with E-state index in [4.69, 9.17) is 0 Å². The van der Waals surface area contributed by atoms with E-state index in [0.29, 0.717) is 25.3 Å². The lowest BCUT2D eigenvalue weighted by Gasteiger charge is -2.19.